The zero-order valence-corrected chi connectivity index (χ0v) is 18.7. The van der Waals surface area contributed by atoms with Gasteiger partial charge in [0, 0.05) is 41.9 Å². The van der Waals surface area contributed by atoms with Crippen molar-refractivity contribution in [3.05, 3.63) is 76.8 Å². The first kappa shape index (κ1) is 23.0. The van der Waals surface area contributed by atoms with Gasteiger partial charge in [-0.3, -0.25) is 14.5 Å². The molecule has 1 aliphatic carbocycles. The van der Waals surface area contributed by atoms with Crippen LogP contribution in [0.5, 0.6) is 0 Å². The van der Waals surface area contributed by atoms with E-state index in [0.717, 1.165) is 30.5 Å². The maximum Gasteiger partial charge on any atom is 0.216 e. The van der Waals surface area contributed by atoms with Crippen molar-refractivity contribution < 1.29 is 9.90 Å². The third-order valence-electron chi connectivity index (χ3n) is 5.33. The van der Waals surface area contributed by atoms with Crippen LogP contribution in [0.1, 0.15) is 54.7 Å². The molecule has 2 unspecified atom stereocenters. The third-order valence-corrected chi connectivity index (χ3v) is 5.57. The lowest BCUT2D eigenvalue weighted by atomic mass is 10.1. The zero-order valence-electron chi connectivity index (χ0n) is 18.0. The first-order chi connectivity index (χ1) is 15.1. The van der Waals surface area contributed by atoms with Crippen molar-refractivity contribution in [1.29, 1.82) is 0 Å². The van der Waals surface area contributed by atoms with E-state index in [4.69, 9.17) is 11.6 Å². The van der Waals surface area contributed by atoms with Gasteiger partial charge >= 0.3 is 0 Å². The SMILES string of the molecule is CC.O=C(c1ccn(Cc2cccc(Cl)c2)n1)c1cnccc1NC1CCC(CO)C1. The maximum absolute atomic E-state index is 13.1. The molecule has 0 radical (unpaired) electrons. The highest BCUT2D eigenvalue weighted by atomic mass is 35.5. The number of carbonyl (C=O) groups excluding carboxylic acids is 1. The fourth-order valence-corrected chi connectivity index (χ4v) is 4.04. The molecular formula is C24H29ClN4O2. The summed E-state index contributed by atoms with van der Waals surface area (Å²) in [6.07, 6.45) is 7.93. The Hall–Kier alpha value is -2.70. The Bertz CT molecular complexity index is 1000. The molecule has 1 aliphatic rings. The lowest BCUT2D eigenvalue weighted by Crippen LogP contribution is -2.19. The molecule has 0 amide bonds. The van der Waals surface area contributed by atoms with E-state index in [9.17, 15) is 9.90 Å². The smallest absolute Gasteiger partial charge is 0.216 e. The molecule has 164 valence electrons. The van der Waals surface area contributed by atoms with Crippen molar-refractivity contribution in [3.63, 3.8) is 0 Å². The number of hydrogen-bond acceptors (Lipinski definition) is 5. The topological polar surface area (TPSA) is 80.0 Å². The normalized spacial score (nSPS) is 17.7. The summed E-state index contributed by atoms with van der Waals surface area (Å²) in [6.45, 7) is 4.75. The second kappa shape index (κ2) is 11.1. The fraction of sp³-hybridized carbons (Fsp3) is 0.375. The number of anilines is 1. The summed E-state index contributed by atoms with van der Waals surface area (Å²) in [5.74, 6) is 0.165. The number of hydrogen-bond donors (Lipinski definition) is 2. The highest BCUT2D eigenvalue weighted by Gasteiger charge is 2.25. The molecule has 1 saturated carbocycles. The summed E-state index contributed by atoms with van der Waals surface area (Å²) >= 11 is 6.04. The van der Waals surface area contributed by atoms with Gasteiger partial charge in [0.2, 0.25) is 5.78 Å². The largest absolute Gasteiger partial charge is 0.396 e. The molecule has 2 atom stereocenters. The highest BCUT2D eigenvalue weighted by molar-refractivity contribution is 6.30. The predicted molar refractivity (Wildman–Crippen MR) is 124 cm³/mol. The van der Waals surface area contributed by atoms with E-state index in [1.54, 1.807) is 29.3 Å². The van der Waals surface area contributed by atoms with E-state index in [-0.39, 0.29) is 18.4 Å². The summed E-state index contributed by atoms with van der Waals surface area (Å²) in [7, 11) is 0. The number of halogens is 1. The Balaban J connectivity index is 0.00000132. The molecule has 0 saturated heterocycles. The van der Waals surface area contributed by atoms with Crippen LogP contribution in [0, 0.1) is 5.92 Å². The van der Waals surface area contributed by atoms with Crippen molar-refractivity contribution >= 4 is 23.1 Å². The lowest BCUT2D eigenvalue weighted by molar-refractivity contribution is 0.103. The highest BCUT2D eigenvalue weighted by Crippen LogP contribution is 2.29. The lowest BCUT2D eigenvalue weighted by Gasteiger charge is -2.16. The fourth-order valence-electron chi connectivity index (χ4n) is 3.82. The summed E-state index contributed by atoms with van der Waals surface area (Å²) < 4.78 is 1.73. The Morgan fingerprint density at radius 2 is 2.10 bits per heavy atom. The zero-order chi connectivity index (χ0) is 22.2. The minimum Gasteiger partial charge on any atom is -0.396 e. The van der Waals surface area contributed by atoms with Crippen LogP contribution in [0.2, 0.25) is 5.02 Å². The minimum atomic E-state index is -0.165. The number of nitrogens with zero attached hydrogens (tertiary/aromatic N) is 3. The van der Waals surface area contributed by atoms with Gasteiger partial charge in [0.05, 0.1) is 12.1 Å². The van der Waals surface area contributed by atoms with Crippen LogP contribution in [-0.4, -0.2) is 38.3 Å². The number of carbonyl (C=O) groups is 1. The average Bonchev–Trinajstić information content (AvgIpc) is 3.45. The van der Waals surface area contributed by atoms with Gasteiger partial charge in [-0.05, 0) is 55.0 Å². The Kier molecular flexibility index (Phi) is 8.20. The molecule has 2 heterocycles. The standard InChI is InChI=1S/C22H23ClN4O2.C2H6/c23-17-3-1-2-15(10-17)13-27-9-7-21(26-27)22(29)19-12-24-8-6-20(19)25-18-5-4-16(11-18)14-28;1-2/h1-3,6-10,12,16,18,28H,4-5,11,13-14H2,(H,24,25);1-2H3. The van der Waals surface area contributed by atoms with Crippen molar-refractivity contribution in [3.8, 4) is 0 Å². The van der Waals surface area contributed by atoms with Gasteiger partial charge in [0.15, 0.2) is 0 Å². The van der Waals surface area contributed by atoms with Gasteiger partial charge in [-0.25, -0.2) is 0 Å². The quantitative estimate of drug-likeness (QED) is 0.515. The maximum atomic E-state index is 13.1. The molecule has 1 fully saturated rings. The van der Waals surface area contributed by atoms with E-state index in [1.807, 2.05) is 44.2 Å². The predicted octanol–water partition coefficient (Wildman–Crippen LogP) is 4.81. The molecule has 6 nitrogen and oxygen atoms in total. The molecule has 7 heteroatoms. The number of nitrogens with one attached hydrogen (secondary N) is 1. The van der Waals surface area contributed by atoms with E-state index in [1.165, 1.54) is 0 Å². The number of pyridine rings is 1. The van der Waals surface area contributed by atoms with Gasteiger partial charge in [-0.15, -0.1) is 0 Å². The average molecular weight is 441 g/mol. The minimum absolute atomic E-state index is 0.165. The molecule has 0 aliphatic heterocycles. The van der Waals surface area contributed by atoms with Gasteiger partial charge in [-0.2, -0.15) is 5.10 Å². The van der Waals surface area contributed by atoms with Crippen LogP contribution in [0.3, 0.4) is 0 Å². The van der Waals surface area contributed by atoms with Gasteiger partial charge in [-0.1, -0.05) is 37.6 Å². The van der Waals surface area contributed by atoms with Crippen LogP contribution < -0.4 is 5.32 Å². The Morgan fingerprint density at radius 1 is 1.26 bits per heavy atom. The van der Waals surface area contributed by atoms with Crippen molar-refractivity contribution in [2.75, 3.05) is 11.9 Å². The monoisotopic (exact) mass is 440 g/mol. The Labute approximate surface area is 188 Å². The summed E-state index contributed by atoms with van der Waals surface area (Å²) in [6, 6.07) is 11.4. The summed E-state index contributed by atoms with van der Waals surface area (Å²) in [4.78, 5) is 17.2. The second-order valence-corrected chi connectivity index (χ2v) is 7.92. The van der Waals surface area contributed by atoms with Crippen LogP contribution in [0.25, 0.3) is 0 Å². The molecule has 0 spiro atoms. The van der Waals surface area contributed by atoms with E-state index < -0.39 is 0 Å². The second-order valence-electron chi connectivity index (χ2n) is 7.48. The first-order valence-electron chi connectivity index (χ1n) is 10.8. The molecule has 2 N–H and O–H groups in total. The van der Waals surface area contributed by atoms with Crippen molar-refractivity contribution in [2.45, 2.75) is 45.7 Å². The van der Waals surface area contributed by atoms with Crippen LogP contribution >= 0.6 is 11.6 Å². The number of aromatic nitrogens is 3. The number of ketones is 1. The number of benzene rings is 1. The summed E-state index contributed by atoms with van der Waals surface area (Å²) in [5.41, 5.74) is 2.66. The van der Waals surface area contributed by atoms with Crippen molar-refractivity contribution in [2.24, 2.45) is 5.92 Å². The molecular weight excluding hydrogens is 412 g/mol. The van der Waals surface area contributed by atoms with Crippen molar-refractivity contribution in [1.82, 2.24) is 14.8 Å². The van der Waals surface area contributed by atoms with Gasteiger partial charge in [0.1, 0.15) is 5.69 Å². The van der Waals surface area contributed by atoms with Crippen LogP contribution in [-0.2, 0) is 6.54 Å². The van der Waals surface area contributed by atoms with E-state index in [0.29, 0.717) is 28.7 Å². The van der Waals surface area contributed by atoms with E-state index >= 15 is 0 Å². The van der Waals surface area contributed by atoms with Gasteiger partial charge < -0.3 is 10.4 Å². The summed E-state index contributed by atoms with van der Waals surface area (Å²) in [5, 5.41) is 17.9. The number of rotatable bonds is 7. The third kappa shape index (κ3) is 5.93. The number of aliphatic hydroxyl groups excluding tert-OH is 1. The molecule has 31 heavy (non-hydrogen) atoms. The van der Waals surface area contributed by atoms with Crippen LogP contribution in [0.15, 0.2) is 55.0 Å². The molecule has 4 rings (SSSR count). The Morgan fingerprint density at radius 3 is 2.84 bits per heavy atom. The number of aliphatic hydroxyl groups is 1. The first-order valence-corrected chi connectivity index (χ1v) is 11.1. The van der Waals surface area contributed by atoms with Gasteiger partial charge in [0.25, 0.3) is 0 Å². The molecule has 3 aromatic rings. The van der Waals surface area contributed by atoms with E-state index in [2.05, 4.69) is 15.4 Å². The van der Waals surface area contributed by atoms with Crippen LogP contribution in [0.4, 0.5) is 5.69 Å². The molecule has 2 aromatic heterocycles. The molecule has 1 aromatic carbocycles. The molecule has 0 bridgehead atoms.